The quantitative estimate of drug-likeness (QED) is 0.627. The van der Waals surface area contributed by atoms with Crippen LogP contribution in [0.2, 0.25) is 0 Å². The van der Waals surface area contributed by atoms with Crippen LogP contribution in [-0.2, 0) is 24.3 Å². The number of nitrogens with zero attached hydrogens (tertiary/aromatic N) is 3. The summed E-state index contributed by atoms with van der Waals surface area (Å²) in [5.74, 6) is 0.672. The van der Waals surface area contributed by atoms with Gasteiger partial charge in [0.05, 0.1) is 36.2 Å². The van der Waals surface area contributed by atoms with Crippen molar-refractivity contribution in [2.75, 3.05) is 51.0 Å². The summed E-state index contributed by atoms with van der Waals surface area (Å²) in [6, 6.07) is 5.49. The molecule has 0 unspecified atom stereocenters. The predicted molar refractivity (Wildman–Crippen MR) is 120 cm³/mol. The number of carbonyl (C=O) groups is 2. The van der Waals surface area contributed by atoms with Crippen LogP contribution in [0.25, 0.3) is 0 Å². The number of ether oxygens (including phenoxy) is 2. The highest BCUT2D eigenvalue weighted by Gasteiger charge is 2.38. The van der Waals surface area contributed by atoms with Crippen molar-refractivity contribution in [2.45, 2.75) is 37.0 Å². The smallest absolute Gasteiger partial charge is 0.255 e. The number of thioether (sulfide) groups is 1. The van der Waals surface area contributed by atoms with Crippen molar-refractivity contribution in [3.63, 3.8) is 0 Å². The highest BCUT2D eigenvalue weighted by atomic mass is 32.2. The number of morpholine rings is 2. The molecular formula is C21H29N3O6S2. The Morgan fingerprint density at radius 2 is 1.66 bits per heavy atom. The number of benzene rings is 1. The van der Waals surface area contributed by atoms with Crippen LogP contribution < -0.4 is 0 Å². The van der Waals surface area contributed by atoms with Gasteiger partial charge in [0.2, 0.25) is 15.9 Å². The fraction of sp³-hybridized carbons (Fsp3) is 0.619. The highest BCUT2D eigenvalue weighted by molar-refractivity contribution is 7.99. The number of carbonyl (C=O) groups excluding carboxylic acids is 2. The summed E-state index contributed by atoms with van der Waals surface area (Å²) in [6.07, 6.45) is -0.356. The van der Waals surface area contributed by atoms with E-state index >= 15 is 0 Å². The molecule has 3 heterocycles. The first-order chi connectivity index (χ1) is 15.3. The van der Waals surface area contributed by atoms with Gasteiger partial charge in [-0.2, -0.15) is 4.31 Å². The monoisotopic (exact) mass is 483 g/mol. The molecule has 0 radical (unpaired) electrons. The number of hydrogen-bond donors (Lipinski definition) is 0. The van der Waals surface area contributed by atoms with Gasteiger partial charge in [-0.15, -0.1) is 11.8 Å². The van der Waals surface area contributed by atoms with Crippen LogP contribution in [0.4, 0.5) is 0 Å². The van der Waals surface area contributed by atoms with Gasteiger partial charge in [-0.3, -0.25) is 9.59 Å². The van der Waals surface area contributed by atoms with E-state index in [4.69, 9.17) is 9.47 Å². The van der Waals surface area contributed by atoms with E-state index in [1.54, 1.807) is 21.6 Å². The molecule has 9 nitrogen and oxygen atoms in total. The number of rotatable bonds is 4. The topological polar surface area (TPSA) is 96.5 Å². The summed E-state index contributed by atoms with van der Waals surface area (Å²) in [7, 11) is -3.68. The minimum absolute atomic E-state index is 0.0543. The Bertz CT molecular complexity index is 939. The Kier molecular flexibility index (Phi) is 7.11. The summed E-state index contributed by atoms with van der Waals surface area (Å²) >= 11 is 1.54. The molecule has 1 aromatic carbocycles. The van der Waals surface area contributed by atoms with Crippen molar-refractivity contribution in [1.82, 2.24) is 14.1 Å². The second kappa shape index (κ2) is 9.68. The predicted octanol–water partition coefficient (Wildman–Crippen LogP) is 0.858. The zero-order valence-electron chi connectivity index (χ0n) is 18.3. The first kappa shape index (κ1) is 23.5. The van der Waals surface area contributed by atoms with Gasteiger partial charge in [0.25, 0.3) is 5.91 Å². The number of hydrogen-bond acceptors (Lipinski definition) is 7. The fourth-order valence-electron chi connectivity index (χ4n) is 4.25. The van der Waals surface area contributed by atoms with Gasteiger partial charge in [-0.1, -0.05) is 0 Å². The second-order valence-corrected chi connectivity index (χ2v) is 11.3. The average molecular weight is 484 g/mol. The molecule has 1 aromatic rings. The van der Waals surface area contributed by atoms with E-state index in [0.29, 0.717) is 56.6 Å². The Hall–Kier alpha value is -1.66. The van der Waals surface area contributed by atoms with Crippen molar-refractivity contribution in [3.05, 3.63) is 29.8 Å². The molecule has 3 aliphatic heterocycles. The van der Waals surface area contributed by atoms with Crippen molar-refractivity contribution in [3.8, 4) is 0 Å². The molecule has 176 valence electrons. The zero-order chi connectivity index (χ0) is 22.9. The van der Waals surface area contributed by atoms with Gasteiger partial charge in [-0.05, 0) is 38.1 Å². The lowest BCUT2D eigenvalue weighted by Gasteiger charge is -2.34. The van der Waals surface area contributed by atoms with Crippen molar-refractivity contribution >= 4 is 33.6 Å². The lowest BCUT2D eigenvalue weighted by molar-refractivity contribution is -0.138. The average Bonchev–Trinajstić information content (AvgIpc) is 3.28. The standard InChI is InChI=1S/C21H29N3O6S2/c1-15-11-23(12-16(2)30-15)32(27,28)18-5-3-17(4-6-18)20(25)24-14-31-13-19(24)21(26)22-7-9-29-10-8-22/h3-6,15-16,19H,7-14H2,1-2H3/t15-,16+,19-/m0/s1. The molecule has 0 aliphatic carbocycles. The van der Waals surface area contributed by atoms with Crippen LogP contribution in [0.1, 0.15) is 24.2 Å². The van der Waals surface area contributed by atoms with Crippen LogP contribution >= 0.6 is 11.8 Å². The van der Waals surface area contributed by atoms with Crippen molar-refractivity contribution < 1.29 is 27.5 Å². The molecule has 3 aliphatic rings. The zero-order valence-corrected chi connectivity index (χ0v) is 19.9. The van der Waals surface area contributed by atoms with Gasteiger partial charge in [0, 0.05) is 37.5 Å². The third-order valence-electron chi connectivity index (χ3n) is 5.88. The molecule has 3 saturated heterocycles. The first-order valence-corrected chi connectivity index (χ1v) is 13.4. The third kappa shape index (κ3) is 4.81. The van der Waals surface area contributed by atoms with E-state index < -0.39 is 16.1 Å². The SMILES string of the molecule is C[C@@H]1CN(S(=O)(=O)c2ccc(C(=O)N3CSC[C@H]3C(=O)N3CCOCC3)cc2)C[C@H](C)O1. The minimum atomic E-state index is -3.68. The molecule has 0 bridgehead atoms. The largest absolute Gasteiger partial charge is 0.378 e. The maximum atomic E-state index is 13.1. The van der Waals surface area contributed by atoms with E-state index in [1.165, 1.54) is 28.6 Å². The molecule has 3 atom stereocenters. The summed E-state index contributed by atoms with van der Waals surface area (Å²) in [5, 5.41) is 0. The van der Waals surface area contributed by atoms with Gasteiger partial charge < -0.3 is 19.3 Å². The maximum absolute atomic E-state index is 13.1. The Morgan fingerprint density at radius 3 is 2.28 bits per heavy atom. The van der Waals surface area contributed by atoms with Gasteiger partial charge in [0.1, 0.15) is 6.04 Å². The lowest BCUT2D eigenvalue weighted by Crippen LogP contribution is -2.52. The molecule has 11 heteroatoms. The fourth-order valence-corrected chi connectivity index (χ4v) is 6.99. The van der Waals surface area contributed by atoms with Crippen molar-refractivity contribution in [1.29, 1.82) is 0 Å². The van der Waals surface area contributed by atoms with Gasteiger partial charge >= 0.3 is 0 Å². The molecular weight excluding hydrogens is 454 g/mol. The molecule has 4 rings (SSSR count). The summed E-state index contributed by atoms with van der Waals surface area (Å²) in [5.41, 5.74) is 0.370. The molecule has 3 fully saturated rings. The summed E-state index contributed by atoms with van der Waals surface area (Å²) < 4.78 is 38.5. The summed E-state index contributed by atoms with van der Waals surface area (Å²) in [6.45, 7) is 6.38. The van der Waals surface area contributed by atoms with Crippen molar-refractivity contribution in [2.24, 2.45) is 0 Å². The van der Waals surface area contributed by atoms with Gasteiger partial charge in [0.15, 0.2) is 0 Å². The number of amides is 2. The van der Waals surface area contributed by atoms with E-state index in [1.807, 2.05) is 13.8 Å². The van der Waals surface area contributed by atoms with Crippen LogP contribution in [-0.4, -0.2) is 104 Å². The summed E-state index contributed by atoms with van der Waals surface area (Å²) in [4.78, 5) is 29.5. The van der Waals surface area contributed by atoms with E-state index in [2.05, 4.69) is 0 Å². The first-order valence-electron chi connectivity index (χ1n) is 10.8. The normalized spacial score (nSPS) is 27.5. The molecule has 0 saturated carbocycles. The lowest BCUT2D eigenvalue weighted by atomic mass is 10.1. The van der Waals surface area contributed by atoms with Crippen LogP contribution in [0.15, 0.2) is 29.2 Å². The van der Waals surface area contributed by atoms with Gasteiger partial charge in [-0.25, -0.2) is 8.42 Å². The Morgan fingerprint density at radius 1 is 1.03 bits per heavy atom. The second-order valence-electron chi connectivity index (χ2n) is 8.33. The molecule has 0 N–H and O–H groups in total. The van der Waals surface area contributed by atoms with E-state index in [0.717, 1.165) is 0 Å². The molecule has 0 spiro atoms. The molecule has 2 amide bonds. The Labute approximate surface area is 193 Å². The van der Waals surface area contributed by atoms with Crippen LogP contribution in [0.5, 0.6) is 0 Å². The Balaban J connectivity index is 1.47. The van der Waals surface area contributed by atoms with Crippen LogP contribution in [0, 0.1) is 0 Å². The number of sulfonamides is 1. The minimum Gasteiger partial charge on any atom is -0.378 e. The van der Waals surface area contributed by atoms with E-state index in [-0.39, 0.29) is 28.9 Å². The molecule has 32 heavy (non-hydrogen) atoms. The van der Waals surface area contributed by atoms with Crippen LogP contribution in [0.3, 0.4) is 0 Å². The highest BCUT2D eigenvalue weighted by Crippen LogP contribution is 2.26. The maximum Gasteiger partial charge on any atom is 0.255 e. The van der Waals surface area contributed by atoms with E-state index in [9.17, 15) is 18.0 Å². The molecule has 0 aromatic heterocycles. The third-order valence-corrected chi connectivity index (χ3v) is 8.73.